The van der Waals surface area contributed by atoms with E-state index in [0.29, 0.717) is 17.7 Å². The van der Waals surface area contributed by atoms with Crippen LogP contribution in [0.4, 0.5) is 0 Å². The number of benzene rings is 2. The Bertz CT molecular complexity index is 1110. The van der Waals surface area contributed by atoms with Crippen molar-refractivity contribution in [2.75, 3.05) is 26.9 Å². The number of rotatable bonds is 8. The van der Waals surface area contributed by atoms with Crippen molar-refractivity contribution in [2.24, 2.45) is 0 Å². The first-order chi connectivity index (χ1) is 14.5. The molecule has 0 spiro atoms. The van der Waals surface area contributed by atoms with Gasteiger partial charge in [-0.15, -0.1) is 0 Å². The molecule has 8 nitrogen and oxygen atoms in total. The number of hydrogen-bond acceptors (Lipinski definition) is 7. The van der Waals surface area contributed by atoms with Crippen molar-refractivity contribution >= 4 is 38.8 Å². The van der Waals surface area contributed by atoms with Crippen LogP contribution in [0.1, 0.15) is 10.4 Å². The lowest BCUT2D eigenvalue weighted by molar-refractivity contribution is -0.136. The molecule has 0 fully saturated rings. The Morgan fingerprint density at radius 3 is 2.53 bits per heavy atom. The van der Waals surface area contributed by atoms with Gasteiger partial charge in [-0.25, -0.2) is 9.59 Å². The number of esters is 1. The van der Waals surface area contributed by atoms with E-state index in [0.717, 1.165) is 4.47 Å². The lowest BCUT2D eigenvalue weighted by Crippen LogP contribution is -2.30. The van der Waals surface area contributed by atoms with E-state index in [1.165, 1.54) is 25.3 Å². The summed E-state index contributed by atoms with van der Waals surface area (Å²) in [5.74, 6) is -0.458. The molecule has 30 heavy (non-hydrogen) atoms. The Morgan fingerprint density at radius 1 is 1.07 bits per heavy atom. The van der Waals surface area contributed by atoms with Gasteiger partial charge in [0.1, 0.15) is 22.6 Å². The molecule has 1 heterocycles. The van der Waals surface area contributed by atoms with E-state index in [9.17, 15) is 14.4 Å². The van der Waals surface area contributed by atoms with Crippen LogP contribution < -0.4 is 20.4 Å². The van der Waals surface area contributed by atoms with Gasteiger partial charge in [0.25, 0.3) is 5.91 Å². The van der Waals surface area contributed by atoms with Gasteiger partial charge in [0.15, 0.2) is 6.61 Å². The third-order valence-electron chi connectivity index (χ3n) is 3.95. The first kappa shape index (κ1) is 21.5. The van der Waals surface area contributed by atoms with Crippen LogP contribution in [0.3, 0.4) is 0 Å². The fourth-order valence-electron chi connectivity index (χ4n) is 2.51. The van der Waals surface area contributed by atoms with Crippen LogP contribution in [-0.2, 0) is 9.53 Å². The number of carbonyl (C=O) groups excluding carboxylic acids is 2. The highest BCUT2D eigenvalue weighted by atomic mass is 79.9. The average Bonchev–Trinajstić information content (AvgIpc) is 2.73. The Hall–Kier alpha value is -3.17. The minimum atomic E-state index is -0.792. The molecule has 0 unspecified atom stereocenters. The fraction of sp³-hybridized carbons (Fsp3) is 0.190. The molecular formula is C21H18BrNO7. The molecule has 3 rings (SSSR count). The number of nitrogens with one attached hydrogen (secondary N) is 1. The lowest BCUT2D eigenvalue weighted by Gasteiger charge is -2.08. The minimum Gasteiger partial charge on any atom is -0.482 e. The van der Waals surface area contributed by atoms with Gasteiger partial charge in [0.2, 0.25) is 0 Å². The van der Waals surface area contributed by atoms with Crippen LogP contribution in [-0.4, -0.2) is 38.7 Å². The summed E-state index contributed by atoms with van der Waals surface area (Å²) >= 11 is 3.32. The van der Waals surface area contributed by atoms with Gasteiger partial charge in [-0.05, 0) is 42.5 Å². The molecule has 0 saturated heterocycles. The zero-order valence-electron chi connectivity index (χ0n) is 16.0. The van der Waals surface area contributed by atoms with Crippen molar-refractivity contribution in [1.29, 1.82) is 0 Å². The van der Waals surface area contributed by atoms with Gasteiger partial charge < -0.3 is 23.9 Å². The number of hydrogen-bond donors (Lipinski definition) is 1. The summed E-state index contributed by atoms with van der Waals surface area (Å²) in [7, 11) is 1.51. The Balaban J connectivity index is 1.66. The molecule has 1 amide bonds. The van der Waals surface area contributed by atoms with Crippen LogP contribution in [0.5, 0.6) is 11.5 Å². The van der Waals surface area contributed by atoms with Crippen molar-refractivity contribution in [1.82, 2.24) is 5.32 Å². The maximum Gasteiger partial charge on any atom is 0.349 e. The predicted molar refractivity (Wildman–Crippen MR) is 112 cm³/mol. The third kappa shape index (κ3) is 5.68. The van der Waals surface area contributed by atoms with Crippen molar-refractivity contribution in [3.8, 4) is 11.5 Å². The van der Waals surface area contributed by atoms with Gasteiger partial charge in [-0.2, -0.15) is 0 Å². The highest BCUT2D eigenvalue weighted by Crippen LogP contribution is 2.21. The second kappa shape index (κ2) is 10.0. The van der Waals surface area contributed by atoms with Crippen LogP contribution >= 0.6 is 15.9 Å². The topological polar surface area (TPSA) is 104 Å². The molecule has 3 aromatic rings. The lowest BCUT2D eigenvalue weighted by atomic mass is 10.1. The molecule has 0 aliphatic rings. The van der Waals surface area contributed by atoms with Gasteiger partial charge >= 0.3 is 11.6 Å². The van der Waals surface area contributed by atoms with E-state index >= 15 is 0 Å². The highest BCUT2D eigenvalue weighted by molar-refractivity contribution is 9.10. The molecule has 0 aliphatic heterocycles. The minimum absolute atomic E-state index is 0.119. The van der Waals surface area contributed by atoms with E-state index in [-0.39, 0.29) is 30.0 Å². The molecule has 156 valence electrons. The van der Waals surface area contributed by atoms with Crippen molar-refractivity contribution in [3.05, 3.63) is 69.0 Å². The molecule has 0 aliphatic carbocycles. The third-order valence-corrected chi connectivity index (χ3v) is 4.47. The zero-order valence-corrected chi connectivity index (χ0v) is 17.6. The molecule has 0 atom stereocenters. The summed E-state index contributed by atoms with van der Waals surface area (Å²) in [4.78, 5) is 36.2. The van der Waals surface area contributed by atoms with Gasteiger partial charge in [-0.3, -0.25) is 4.79 Å². The molecular weight excluding hydrogens is 458 g/mol. The van der Waals surface area contributed by atoms with Crippen molar-refractivity contribution in [2.45, 2.75) is 0 Å². The summed E-state index contributed by atoms with van der Waals surface area (Å²) in [5.41, 5.74) is -0.724. The zero-order chi connectivity index (χ0) is 21.5. The van der Waals surface area contributed by atoms with E-state index in [1.807, 2.05) is 0 Å². The van der Waals surface area contributed by atoms with Crippen LogP contribution in [0.15, 0.2) is 62.2 Å². The Morgan fingerprint density at radius 2 is 1.80 bits per heavy atom. The maximum atomic E-state index is 12.1. The Labute approximate surface area is 179 Å². The van der Waals surface area contributed by atoms with Crippen molar-refractivity contribution in [3.63, 3.8) is 0 Å². The summed E-state index contributed by atoms with van der Waals surface area (Å²) < 4.78 is 21.5. The number of methoxy groups -OCH3 is 1. The molecule has 9 heteroatoms. The second-order valence-corrected chi connectivity index (χ2v) is 7.03. The van der Waals surface area contributed by atoms with Crippen LogP contribution in [0, 0.1) is 0 Å². The Kier molecular flexibility index (Phi) is 7.21. The average molecular weight is 476 g/mol. The normalized spacial score (nSPS) is 10.6. The van der Waals surface area contributed by atoms with Crippen LogP contribution in [0.25, 0.3) is 11.0 Å². The second-order valence-electron chi connectivity index (χ2n) is 6.11. The largest absolute Gasteiger partial charge is 0.482 e. The highest BCUT2D eigenvalue weighted by Gasteiger charge is 2.14. The predicted octanol–water partition coefficient (Wildman–Crippen LogP) is 2.92. The summed E-state index contributed by atoms with van der Waals surface area (Å²) in [6, 6.07) is 13.0. The molecule has 1 N–H and O–H groups in total. The molecule has 0 saturated carbocycles. The first-order valence-electron chi connectivity index (χ1n) is 8.90. The number of halogens is 1. The quantitative estimate of drug-likeness (QED) is 0.231. The smallest absolute Gasteiger partial charge is 0.349 e. The SMILES string of the molecule is COCCNC(=O)c1cc2ccc(OC(=O)COc3ccc(Br)cc3)cc2oc1=O. The van der Waals surface area contributed by atoms with Gasteiger partial charge in [0.05, 0.1) is 6.61 Å². The number of fused-ring (bicyclic) bond motifs is 1. The van der Waals surface area contributed by atoms with E-state index in [4.69, 9.17) is 18.6 Å². The summed E-state index contributed by atoms with van der Waals surface area (Å²) in [5, 5.41) is 3.08. The van der Waals surface area contributed by atoms with Gasteiger partial charge in [-0.1, -0.05) is 15.9 Å². The molecule has 0 radical (unpaired) electrons. The number of amides is 1. The molecule has 0 bridgehead atoms. The van der Waals surface area contributed by atoms with Crippen LogP contribution in [0.2, 0.25) is 0 Å². The number of ether oxygens (including phenoxy) is 3. The molecule has 2 aromatic carbocycles. The van der Waals surface area contributed by atoms with Crippen molar-refractivity contribution < 1.29 is 28.2 Å². The number of carbonyl (C=O) groups is 2. The van der Waals surface area contributed by atoms with E-state index in [1.54, 1.807) is 30.3 Å². The summed E-state index contributed by atoms with van der Waals surface area (Å²) in [6.07, 6.45) is 0. The monoisotopic (exact) mass is 475 g/mol. The molecule has 1 aromatic heterocycles. The fourth-order valence-corrected chi connectivity index (χ4v) is 2.77. The maximum absolute atomic E-state index is 12.1. The summed E-state index contributed by atoms with van der Waals surface area (Å²) in [6.45, 7) is 0.305. The standard InChI is InChI=1S/C21H18BrNO7/c1-27-9-8-23-20(25)17-10-13-2-5-16(11-18(13)30-21(17)26)29-19(24)12-28-15-6-3-14(22)4-7-15/h2-7,10-11H,8-9,12H2,1H3,(H,23,25). The van der Waals surface area contributed by atoms with Gasteiger partial charge in [0, 0.05) is 29.6 Å². The van der Waals surface area contributed by atoms with E-state index < -0.39 is 17.5 Å². The van der Waals surface area contributed by atoms with E-state index in [2.05, 4.69) is 21.2 Å². The first-order valence-corrected chi connectivity index (χ1v) is 9.69.